The highest BCUT2D eigenvalue weighted by Gasteiger charge is 2.32. The minimum Gasteiger partial charge on any atom is -0.386 e. The number of nitrogens with zero attached hydrogens (tertiary/aromatic N) is 5. The van der Waals surface area contributed by atoms with Crippen molar-refractivity contribution in [3.05, 3.63) is 81.8 Å². The van der Waals surface area contributed by atoms with Gasteiger partial charge in [0.1, 0.15) is 5.69 Å². The van der Waals surface area contributed by atoms with Gasteiger partial charge >= 0.3 is 5.76 Å². The molecule has 7 rings (SSSR count). The molecule has 1 N–H and O–H groups in total. The minimum absolute atomic E-state index is 0.0216. The Morgan fingerprint density at radius 3 is 2.62 bits per heavy atom. The number of halogens is 1. The summed E-state index contributed by atoms with van der Waals surface area (Å²) in [5.41, 5.74) is 4.90. The number of pyridine rings is 1. The van der Waals surface area contributed by atoms with Crippen molar-refractivity contribution < 1.29 is 9.15 Å². The summed E-state index contributed by atoms with van der Waals surface area (Å²) < 4.78 is 13.7. The number of rotatable bonds is 6. The van der Waals surface area contributed by atoms with Crippen LogP contribution in [0, 0.1) is 11.8 Å². The number of anilines is 1. The first-order valence-electron chi connectivity index (χ1n) is 14.7. The molecular formula is C32H33ClN6O3. The maximum atomic E-state index is 11.8. The summed E-state index contributed by atoms with van der Waals surface area (Å²) >= 11 is 6.48. The average molecular weight is 585 g/mol. The Hall–Kier alpha value is -3.95. The largest absolute Gasteiger partial charge is 0.434 e. The van der Waals surface area contributed by atoms with Crippen molar-refractivity contribution in [2.75, 3.05) is 24.7 Å². The molecule has 1 saturated carbocycles. The zero-order chi connectivity index (χ0) is 28.6. The zero-order valence-corrected chi connectivity index (χ0v) is 24.3. The van der Waals surface area contributed by atoms with Crippen molar-refractivity contribution in [3.63, 3.8) is 0 Å². The number of morpholine rings is 1. The monoisotopic (exact) mass is 584 g/mol. The summed E-state index contributed by atoms with van der Waals surface area (Å²) in [6.07, 6.45) is 4.83. The van der Waals surface area contributed by atoms with Crippen LogP contribution in [0.5, 0.6) is 0 Å². The molecule has 2 fully saturated rings. The van der Waals surface area contributed by atoms with Crippen molar-refractivity contribution in [1.29, 1.82) is 0 Å². The van der Waals surface area contributed by atoms with Crippen molar-refractivity contribution in [2.24, 2.45) is 11.8 Å². The zero-order valence-electron chi connectivity index (χ0n) is 23.5. The smallest absolute Gasteiger partial charge is 0.386 e. The molecule has 4 heterocycles. The maximum absolute atomic E-state index is 11.8. The van der Waals surface area contributed by atoms with Crippen molar-refractivity contribution >= 4 is 28.6 Å². The fourth-order valence-corrected chi connectivity index (χ4v) is 6.58. The fourth-order valence-electron chi connectivity index (χ4n) is 6.39. The number of aromatic amines is 1. The number of hydrogen-bond acceptors (Lipinski definition) is 7. The minimum atomic E-state index is -0.632. The van der Waals surface area contributed by atoms with Gasteiger partial charge < -0.3 is 18.6 Å². The van der Waals surface area contributed by atoms with Crippen LogP contribution in [0.3, 0.4) is 0 Å². The number of H-pyrrole nitrogens is 1. The van der Waals surface area contributed by atoms with Crippen LogP contribution in [0.25, 0.3) is 33.9 Å². The highest BCUT2D eigenvalue weighted by molar-refractivity contribution is 6.30. The Kier molecular flexibility index (Phi) is 7.29. The summed E-state index contributed by atoms with van der Waals surface area (Å²) in [7, 11) is 0. The van der Waals surface area contributed by atoms with Crippen molar-refractivity contribution in [1.82, 2.24) is 24.7 Å². The lowest BCUT2D eigenvalue weighted by Crippen LogP contribution is -2.41. The van der Waals surface area contributed by atoms with Gasteiger partial charge in [-0.1, -0.05) is 73.8 Å². The molecule has 5 aromatic rings. The van der Waals surface area contributed by atoms with E-state index in [9.17, 15) is 4.79 Å². The van der Waals surface area contributed by atoms with E-state index in [-0.39, 0.29) is 11.9 Å². The molecular weight excluding hydrogens is 552 g/mol. The molecule has 0 bridgehead atoms. The molecule has 42 heavy (non-hydrogen) atoms. The molecule has 10 heteroatoms. The first-order valence-corrected chi connectivity index (χ1v) is 15.0. The lowest BCUT2D eigenvalue weighted by molar-refractivity contribution is 0.0927. The topological polar surface area (TPSA) is 102 Å². The van der Waals surface area contributed by atoms with Crippen molar-refractivity contribution in [3.8, 4) is 22.8 Å². The third-order valence-corrected chi connectivity index (χ3v) is 8.84. The van der Waals surface area contributed by atoms with Gasteiger partial charge in [-0.25, -0.2) is 19.9 Å². The van der Waals surface area contributed by atoms with E-state index in [1.165, 1.54) is 31.2 Å². The molecule has 2 aromatic carbocycles. The standard InChI is InChI=1S/C32H33ClN6O3/c1-20-10-12-21(13-11-20)18-39-29-25(35-31(39)38-14-15-41-19-27(38)22-6-3-2-4-7-22)17-26(30-36-37-32(40)42-30)34-28(29)23-8-5-9-24(33)16-23/h2-9,16-17,20-21,27H,10-15,18-19H2,1H3,(H,37,40)/t20?,21?,27-/m0/s1. The second-order valence-electron chi connectivity index (χ2n) is 11.5. The Morgan fingerprint density at radius 1 is 1.02 bits per heavy atom. The molecule has 1 aliphatic heterocycles. The number of aromatic nitrogens is 5. The van der Waals surface area contributed by atoms with Crippen LogP contribution < -0.4 is 10.7 Å². The van der Waals surface area contributed by atoms with Crippen molar-refractivity contribution in [2.45, 2.75) is 45.2 Å². The quantitative estimate of drug-likeness (QED) is 0.243. The third-order valence-electron chi connectivity index (χ3n) is 8.61. The predicted octanol–water partition coefficient (Wildman–Crippen LogP) is 6.50. The molecule has 0 radical (unpaired) electrons. The highest BCUT2D eigenvalue weighted by atomic mass is 35.5. The number of fused-ring (bicyclic) bond motifs is 1. The van der Waals surface area contributed by atoms with Crippen LogP contribution in [-0.4, -0.2) is 44.5 Å². The second kappa shape index (κ2) is 11.4. The van der Waals surface area contributed by atoms with Gasteiger partial charge in [0.05, 0.1) is 36.0 Å². The summed E-state index contributed by atoms with van der Waals surface area (Å²) in [4.78, 5) is 24.5. The van der Waals surface area contributed by atoms with E-state index in [0.717, 1.165) is 40.7 Å². The Bertz CT molecular complexity index is 1760. The van der Waals surface area contributed by atoms with E-state index in [0.29, 0.717) is 36.4 Å². The second-order valence-corrected chi connectivity index (χ2v) is 11.9. The molecule has 0 spiro atoms. The molecule has 1 saturated heterocycles. The normalized spacial score (nSPS) is 21.2. The van der Waals surface area contributed by atoms with Crippen LogP contribution in [0.1, 0.15) is 44.2 Å². The Balaban J connectivity index is 1.45. The molecule has 3 aromatic heterocycles. The van der Waals surface area contributed by atoms with Crippen LogP contribution in [-0.2, 0) is 11.3 Å². The van der Waals surface area contributed by atoms with Crippen LogP contribution >= 0.6 is 11.6 Å². The van der Waals surface area contributed by atoms with Gasteiger partial charge in [0, 0.05) is 23.7 Å². The summed E-state index contributed by atoms with van der Waals surface area (Å²) in [5.74, 6) is 1.68. The summed E-state index contributed by atoms with van der Waals surface area (Å²) in [5, 5.41) is 7.03. The predicted molar refractivity (Wildman–Crippen MR) is 163 cm³/mol. The molecule has 2 aliphatic rings. The number of imidazole rings is 1. The van der Waals surface area contributed by atoms with Gasteiger partial charge in [0.2, 0.25) is 5.95 Å². The van der Waals surface area contributed by atoms with Gasteiger partial charge in [-0.05, 0) is 48.4 Å². The van der Waals surface area contributed by atoms with E-state index < -0.39 is 5.76 Å². The number of benzene rings is 2. The lowest BCUT2D eigenvalue weighted by atomic mass is 9.83. The number of hydrogen-bond donors (Lipinski definition) is 1. The summed E-state index contributed by atoms with van der Waals surface area (Å²) in [6.45, 7) is 5.10. The van der Waals surface area contributed by atoms with Gasteiger partial charge in [-0.3, -0.25) is 0 Å². The van der Waals surface area contributed by atoms with Crippen LogP contribution in [0.4, 0.5) is 5.95 Å². The van der Waals surface area contributed by atoms with E-state index in [4.69, 9.17) is 30.7 Å². The van der Waals surface area contributed by atoms with Gasteiger partial charge in [-0.15, -0.1) is 5.10 Å². The molecule has 0 unspecified atom stereocenters. The number of ether oxygens (including phenoxy) is 1. The first kappa shape index (κ1) is 26.9. The fraction of sp³-hybridized carbons (Fsp3) is 0.375. The molecule has 1 aliphatic carbocycles. The third kappa shape index (κ3) is 5.23. The van der Waals surface area contributed by atoms with E-state index in [1.807, 2.05) is 36.4 Å². The van der Waals surface area contributed by atoms with E-state index in [2.05, 4.69) is 50.9 Å². The van der Waals surface area contributed by atoms with Gasteiger partial charge in [0.25, 0.3) is 5.89 Å². The van der Waals surface area contributed by atoms with Crippen LogP contribution in [0.2, 0.25) is 5.02 Å². The van der Waals surface area contributed by atoms with Gasteiger partial charge in [0.15, 0.2) is 0 Å². The number of nitrogens with one attached hydrogen (secondary N) is 1. The van der Waals surface area contributed by atoms with E-state index in [1.54, 1.807) is 0 Å². The Labute approximate surface area is 248 Å². The molecule has 0 amide bonds. The highest BCUT2D eigenvalue weighted by Crippen LogP contribution is 2.39. The Morgan fingerprint density at radius 2 is 1.86 bits per heavy atom. The SMILES string of the molecule is CC1CCC(Cn2c(N3CCOC[C@H]3c3ccccc3)nc3cc(-c4n[nH]c(=O)o4)nc(-c4cccc(Cl)c4)c32)CC1. The molecule has 1 atom stereocenters. The average Bonchev–Trinajstić information content (AvgIpc) is 3.62. The first-order chi connectivity index (χ1) is 20.5. The van der Waals surface area contributed by atoms with E-state index >= 15 is 0 Å². The molecule has 9 nitrogen and oxygen atoms in total. The summed E-state index contributed by atoms with van der Waals surface area (Å²) in [6, 6.07) is 20.0. The molecule has 216 valence electrons. The lowest BCUT2D eigenvalue weighted by Gasteiger charge is -2.37. The van der Waals surface area contributed by atoms with Crippen LogP contribution in [0.15, 0.2) is 69.9 Å². The maximum Gasteiger partial charge on any atom is 0.434 e. The van der Waals surface area contributed by atoms with Gasteiger partial charge in [-0.2, -0.15) is 0 Å².